The van der Waals surface area contributed by atoms with Crippen LogP contribution in [0.25, 0.3) is 0 Å². The number of hydrogen-bond donors (Lipinski definition) is 2. The molecule has 0 unspecified atom stereocenters. The van der Waals surface area contributed by atoms with E-state index in [1.165, 1.54) is 7.11 Å². The van der Waals surface area contributed by atoms with Gasteiger partial charge in [-0.15, -0.1) is 11.5 Å². The van der Waals surface area contributed by atoms with Crippen molar-refractivity contribution in [2.75, 3.05) is 7.11 Å². The quantitative estimate of drug-likeness (QED) is 0.455. The van der Waals surface area contributed by atoms with Gasteiger partial charge in [-0.05, 0) is 11.5 Å². The van der Waals surface area contributed by atoms with Gasteiger partial charge in [0.05, 0.1) is 7.11 Å². The molecule has 2 N–H and O–H groups in total. The fourth-order valence-corrected chi connectivity index (χ4v) is 2.90. The Kier molecular flexibility index (Phi) is 6.61. The smallest absolute Gasteiger partial charge is 0.329 e. The first-order valence-electron chi connectivity index (χ1n) is 8.15. The Morgan fingerprint density at radius 2 is 2.04 bits per heavy atom. The number of amides is 2. The van der Waals surface area contributed by atoms with Crippen LogP contribution >= 0.6 is 0 Å². The molecule has 0 aliphatic carbocycles. The summed E-state index contributed by atoms with van der Waals surface area (Å²) in [5, 5.41) is 5.35. The van der Waals surface area contributed by atoms with Gasteiger partial charge in [0.1, 0.15) is 20.2 Å². The number of rotatable bonds is 4. The second-order valence-corrected chi connectivity index (χ2v) is 12.6. The lowest BCUT2D eigenvalue weighted by Gasteiger charge is -2.31. The van der Waals surface area contributed by atoms with Gasteiger partial charge in [-0.25, -0.2) is 4.79 Å². The Balaban J connectivity index is 2.76. The molecule has 1 saturated heterocycles. The normalized spacial score (nSPS) is 18.9. The van der Waals surface area contributed by atoms with E-state index in [1.807, 2.05) is 0 Å². The second kappa shape index (κ2) is 7.84. The Bertz CT molecular complexity index is 569. The minimum Gasteiger partial charge on any atom is -0.467 e. The van der Waals surface area contributed by atoms with Gasteiger partial charge in [-0.2, -0.15) is 0 Å². The van der Waals surface area contributed by atoms with Crippen molar-refractivity contribution < 1.29 is 19.1 Å². The summed E-state index contributed by atoms with van der Waals surface area (Å²) in [6.07, 6.45) is 0.964. The van der Waals surface area contributed by atoms with E-state index in [1.54, 1.807) is 0 Å². The van der Waals surface area contributed by atoms with Crippen LogP contribution in [0.5, 0.6) is 0 Å². The van der Waals surface area contributed by atoms with Crippen molar-refractivity contribution >= 4 is 25.9 Å². The topological polar surface area (TPSA) is 84.5 Å². The molecule has 1 aliphatic heterocycles. The van der Waals surface area contributed by atoms with Crippen LogP contribution in [0.3, 0.4) is 0 Å². The van der Waals surface area contributed by atoms with E-state index >= 15 is 0 Å². The highest BCUT2D eigenvalue weighted by molar-refractivity contribution is 6.87. The molecule has 1 rings (SSSR count). The van der Waals surface area contributed by atoms with E-state index in [4.69, 9.17) is 4.74 Å². The highest BCUT2D eigenvalue weighted by Crippen LogP contribution is 2.35. The predicted octanol–water partition coefficient (Wildman–Crippen LogP) is 1.36. The molecule has 0 bridgehead atoms. The molecule has 2 atom stereocenters. The number of nitrogens with one attached hydrogen (secondary N) is 2. The molecule has 0 radical (unpaired) electrons. The molecule has 0 aromatic heterocycles. The zero-order valence-electron chi connectivity index (χ0n) is 15.4. The van der Waals surface area contributed by atoms with E-state index in [-0.39, 0.29) is 23.3 Å². The van der Waals surface area contributed by atoms with Gasteiger partial charge in [0.15, 0.2) is 0 Å². The third kappa shape index (κ3) is 5.37. The third-order valence-electron chi connectivity index (χ3n) is 4.70. The van der Waals surface area contributed by atoms with Crippen molar-refractivity contribution in [2.45, 2.75) is 70.2 Å². The zero-order valence-corrected chi connectivity index (χ0v) is 16.4. The second-order valence-electron chi connectivity index (χ2n) is 7.62. The molecular weight excluding hydrogens is 324 g/mol. The van der Waals surface area contributed by atoms with Crippen LogP contribution in [0.1, 0.15) is 40.0 Å². The number of carbonyl (C=O) groups is 3. The lowest BCUT2D eigenvalue weighted by molar-refractivity contribution is -0.145. The van der Waals surface area contributed by atoms with Gasteiger partial charge in [0.2, 0.25) is 11.8 Å². The van der Waals surface area contributed by atoms with Crippen molar-refractivity contribution in [3.8, 4) is 11.5 Å². The maximum atomic E-state index is 12.2. The van der Waals surface area contributed by atoms with E-state index in [0.717, 1.165) is 0 Å². The Hall–Kier alpha value is -1.81. The standard InChI is InChI=1S/C17H28N2O4Si/c1-17(2,3)24(5,6)11-7-8-13(16(22)23-4)19-15(21)12-9-10-14(20)18-12/h12-13H,8-10H2,1-6H3,(H,18,20)(H,19,21)/t12-,13-/m0/s1. The van der Waals surface area contributed by atoms with E-state index < -0.39 is 26.1 Å². The van der Waals surface area contributed by atoms with E-state index in [0.29, 0.717) is 12.8 Å². The summed E-state index contributed by atoms with van der Waals surface area (Å²) in [7, 11) is -0.496. The van der Waals surface area contributed by atoms with E-state index in [2.05, 4.69) is 56.0 Å². The fraction of sp³-hybridized carbons (Fsp3) is 0.706. The SMILES string of the molecule is COC(=O)[C@H](CC#C[Si](C)(C)C(C)(C)C)NC(=O)[C@@H]1CCC(=O)N1. The highest BCUT2D eigenvalue weighted by atomic mass is 28.3. The number of ether oxygens (including phenoxy) is 1. The fourth-order valence-electron chi connectivity index (χ4n) is 1.98. The summed E-state index contributed by atoms with van der Waals surface area (Å²) in [4.78, 5) is 35.3. The van der Waals surface area contributed by atoms with Crippen molar-refractivity contribution in [3.05, 3.63) is 0 Å². The van der Waals surface area contributed by atoms with Gasteiger partial charge in [-0.3, -0.25) is 9.59 Å². The van der Waals surface area contributed by atoms with E-state index in [9.17, 15) is 14.4 Å². The van der Waals surface area contributed by atoms with Crippen LogP contribution in [-0.4, -0.2) is 45.1 Å². The van der Waals surface area contributed by atoms with Gasteiger partial charge >= 0.3 is 5.97 Å². The number of hydrogen-bond acceptors (Lipinski definition) is 4. The summed E-state index contributed by atoms with van der Waals surface area (Å²) in [6.45, 7) is 10.8. The van der Waals surface area contributed by atoms with Crippen molar-refractivity contribution in [2.24, 2.45) is 0 Å². The molecule has 1 fully saturated rings. The maximum absolute atomic E-state index is 12.2. The van der Waals surface area contributed by atoms with Crippen LogP contribution in [0.15, 0.2) is 0 Å². The van der Waals surface area contributed by atoms with Gasteiger partial charge < -0.3 is 15.4 Å². The summed E-state index contributed by atoms with van der Waals surface area (Å²) in [6, 6.07) is -1.41. The number of methoxy groups -OCH3 is 1. The lowest BCUT2D eigenvalue weighted by atomic mass is 10.1. The first-order valence-corrected chi connectivity index (χ1v) is 11.2. The van der Waals surface area contributed by atoms with Gasteiger partial charge in [-0.1, -0.05) is 33.9 Å². The van der Waals surface area contributed by atoms with Crippen molar-refractivity contribution in [3.63, 3.8) is 0 Å². The summed E-state index contributed by atoms with van der Waals surface area (Å²) >= 11 is 0. The van der Waals surface area contributed by atoms with Crippen LogP contribution < -0.4 is 10.6 Å². The minimum absolute atomic E-state index is 0.123. The largest absolute Gasteiger partial charge is 0.467 e. The molecule has 2 amide bonds. The number of carbonyl (C=O) groups excluding carboxylic acids is 3. The lowest BCUT2D eigenvalue weighted by Crippen LogP contribution is -2.49. The van der Waals surface area contributed by atoms with Crippen LogP contribution in [-0.2, 0) is 19.1 Å². The maximum Gasteiger partial charge on any atom is 0.329 e. The van der Waals surface area contributed by atoms with Crippen LogP contribution in [0.4, 0.5) is 0 Å². The molecule has 134 valence electrons. The molecule has 0 aromatic carbocycles. The monoisotopic (exact) mass is 352 g/mol. The average Bonchev–Trinajstić information content (AvgIpc) is 2.90. The molecule has 24 heavy (non-hydrogen) atoms. The molecule has 0 aromatic rings. The Morgan fingerprint density at radius 3 is 2.50 bits per heavy atom. The Labute approximate surface area is 145 Å². The summed E-state index contributed by atoms with van der Waals surface area (Å²) in [5.74, 6) is 2.01. The molecule has 0 saturated carbocycles. The van der Waals surface area contributed by atoms with Crippen LogP contribution in [0, 0.1) is 11.5 Å². The zero-order chi connectivity index (χ0) is 18.5. The molecular formula is C17H28N2O4Si. The van der Waals surface area contributed by atoms with Crippen LogP contribution in [0.2, 0.25) is 18.1 Å². The molecule has 7 heteroatoms. The summed E-state index contributed by atoms with van der Waals surface area (Å²) in [5.41, 5.74) is 3.32. The Morgan fingerprint density at radius 1 is 1.42 bits per heavy atom. The van der Waals surface area contributed by atoms with Crippen molar-refractivity contribution in [1.82, 2.24) is 10.6 Å². The highest BCUT2D eigenvalue weighted by Gasteiger charge is 2.34. The molecule has 6 nitrogen and oxygen atoms in total. The molecule has 0 spiro atoms. The predicted molar refractivity (Wildman–Crippen MR) is 94.7 cm³/mol. The third-order valence-corrected chi connectivity index (χ3v) is 9.25. The first-order chi connectivity index (χ1) is 11.0. The minimum atomic E-state index is -1.77. The first kappa shape index (κ1) is 20.2. The van der Waals surface area contributed by atoms with Crippen molar-refractivity contribution in [1.29, 1.82) is 0 Å². The summed E-state index contributed by atoms with van der Waals surface area (Å²) < 4.78 is 4.75. The molecule has 1 heterocycles. The van der Waals surface area contributed by atoms with Gasteiger partial charge in [0, 0.05) is 12.8 Å². The number of esters is 1. The average molecular weight is 353 g/mol. The van der Waals surface area contributed by atoms with Gasteiger partial charge in [0.25, 0.3) is 0 Å². The molecule has 1 aliphatic rings.